The lowest BCUT2D eigenvalue weighted by atomic mass is 9.84. The molecule has 5 nitrogen and oxygen atoms in total. The van der Waals surface area contributed by atoms with Crippen molar-refractivity contribution in [2.75, 3.05) is 25.5 Å². The Balaban J connectivity index is 1.78. The number of methoxy groups -OCH3 is 1. The number of nitrogens with two attached hydrogens (primary N) is 1. The van der Waals surface area contributed by atoms with E-state index in [1.165, 1.54) is 22.2 Å². The van der Waals surface area contributed by atoms with Crippen LogP contribution in [0.1, 0.15) is 23.2 Å². The van der Waals surface area contributed by atoms with E-state index in [0.717, 1.165) is 42.1 Å². The zero-order chi connectivity index (χ0) is 17.7. The second-order valence-electron chi connectivity index (χ2n) is 6.98. The molecule has 0 fully saturated rings. The Bertz CT molecular complexity index is 1040. The maximum absolute atomic E-state index is 6.07. The van der Waals surface area contributed by atoms with Gasteiger partial charge in [-0.2, -0.15) is 0 Å². The Labute approximate surface area is 152 Å². The van der Waals surface area contributed by atoms with E-state index in [2.05, 4.69) is 40.6 Å². The molecule has 0 aliphatic carbocycles. The van der Waals surface area contributed by atoms with Gasteiger partial charge in [0.1, 0.15) is 11.3 Å². The minimum Gasteiger partial charge on any atom is -0.497 e. The van der Waals surface area contributed by atoms with Gasteiger partial charge in [0.25, 0.3) is 0 Å². The number of para-hydroxylation sites is 1. The predicted octanol–water partition coefficient (Wildman–Crippen LogP) is 3.19. The minimum absolute atomic E-state index is 0.408. The summed E-state index contributed by atoms with van der Waals surface area (Å²) in [5.41, 5.74) is 12.7. The Morgan fingerprint density at radius 2 is 2.12 bits per heavy atom. The summed E-state index contributed by atoms with van der Waals surface area (Å²) in [6, 6.07) is 14.7. The van der Waals surface area contributed by atoms with Crippen molar-refractivity contribution in [1.29, 1.82) is 0 Å². The number of anilines is 1. The lowest BCUT2D eigenvalue weighted by molar-refractivity contribution is 0.415. The van der Waals surface area contributed by atoms with Gasteiger partial charge >= 0.3 is 0 Å². The van der Waals surface area contributed by atoms with Gasteiger partial charge in [0.05, 0.1) is 18.5 Å². The number of aromatic nitrogens is 1. The van der Waals surface area contributed by atoms with E-state index in [0.29, 0.717) is 6.54 Å². The van der Waals surface area contributed by atoms with Crippen LogP contribution in [0.3, 0.4) is 0 Å². The van der Waals surface area contributed by atoms with E-state index in [-0.39, 0.29) is 0 Å². The van der Waals surface area contributed by atoms with E-state index >= 15 is 0 Å². The van der Waals surface area contributed by atoms with Crippen molar-refractivity contribution < 1.29 is 4.74 Å². The molecule has 0 spiro atoms. The number of fused-ring (bicyclic) bond motifs is 7. The Morgan fingerprint density at radius 1 is 1.23 bits per heavy atom. The van der Waals surface area contributed by atoms with Crippen molar-refractivity contribution >= 4 is 22.3 Å². The zero-order valence-electron chi connectivity index (χ0n) is 14.8. The van der Waals surface area contributed by atoms with Crippen molar-refractivity contribution in [2.24, 2.45) is 10.7 Å². The summed E-state index contributed by atoms with van der Waals surface area (Å²) in [6.45, 7) is 1.36. The number of ether oxygens (including phenoxy) is 1. The number of nitrogens with one attached hydrogen (secondary N) is 2. The van der Waals surface area contributed by atoms with E-state index in [1.54, 1.807) is 7.11 Å². The third-order valence-electron chi connectivity index (χ3n) is 5.63. The number of nitrogens with zero attached hydrogens (tertiary/aromatic N) is 1. The molecule has 0 amide bonds. The van der Waals surface area contributed by atoms with Crippen molar-refractivity contribution in [3.05, 3.63) is 59.3 Å². The first-order valence-corrected chi connectivity index (χ1v) is 9.08. The van der Waals surface area contributed by atoms with Crippen molar-refractivity contribution in [3.8, 4) is 5.75 Å². The normalized spacial score (nSPS) is 20.6. The van der Waals surface area contributed by atoms with Crippen LogP contribution in [-0.4, -0.2) is 30.9 Å². The standard InChI is InChI=1S/C21H22N4O/c1-26-13-6-7-16-18(12-13)25-21(9-10-22)19(16)23-11-8-15-14-4-2-3-5-17(14)24-20(15)21/h2-7,12,24-25H,8-11,22H2,1H3/t21-/m1/s1. The molecule has 0 radical (unpaired) electrons. The van der Waals surface area contributed by atoms with Gasteiger partial charge in [-0.3, -0.25) is 4.99 Å². The first-order chi connectivity index (χ1) is 12.8. The number of hydrogen-bond acceptors (Lipinski definition) is 4. The van der Waals surface area contributed by atoms with Crippen LogP contribution < -0.4 is 15.8 Å². The minimum atomic E-state index is -0.408. The fraction of sp³-hybridized carbons (Fsp3) is 0.286. The highest BCUT2D eigenvalue weighted by Gasteiger charge is 2.47. The van der Waals surface area contributed by atoms with Crippen LogP contribution in [0, 0.1) is 0 Å². The molecular formula is C21H22N4O. The number of H-pyrrole nitrogens is 1. The lowest BCUT2D eigenvalue weighted by Gasteiger charge is -2.30. The molecule has 26 heavy (non-hydrogen) atoms. The van der Waals surface area contributed by atoms with E-state index in [1.807, 2.05) is 12.1 Å². The largest absolute Gasteiger partial charge is 0.497 e. The molecule has 0 saturated carbocycles. The van der Waals surface area contributed by atoms with Crippen LogP contribution in [-0.2, 0) is 12.0 Å². The Hall–Kier alpha value is -2.79. The number of hydrogen-bond donors (Lipinski definition) is 3. The second-order valence-corrected chi connectivity index (χ2v) is 6.98. The summed E-state index contributed by atoms with van der Waals surface area (Å²) in [5.74, 6) is 0.841. The summed E-state index contributed by atoms with van der Waals surface area (Å²) in [7, 11) is 1.69. The predicted molar refractivity (Wildman–Crippen MR) is 105 cm³/mol. The highest BCUT2D eigenvalue weighted by molar-refractivity contribution is 6.17. The van der Waals surface area contributed by atoms with Crippen molar-refractivity contribution in [2.45, 2.75) is 18.4 Å². The maximum atomic E-state index is 6.07. The highest BCUT2D eigenvalue weighted by Crippen LogP contribution is 2.46. The lowest BCUT2D eigenvalue weighted by Crippen LogP contribution is -2.41. The van der Waals surface area contributed by atoms with Crippen LogP contribution in [0.5, 0.6) is 5.75 Å². The SMILES string of the molecule is COc1ccc2c(c1)N[C@]1(CCN)C2=NCCc2c1[nH]c1ccccc21. The number of aliphatic imine (C=N–C) groups is 1. The van der Waals surface area contributed by atoms with Gasteiger partial charge in [-0.1, -0.05) is 18.2 Å². The average molecular weight is 346 g/mol. The quantitative estimate of drug-likeness (QED) is 0.682. The van der Waals surface area contributed by atoms with E-state index < -0.39 is 5.54 Å². The number of rotatable bonds is 3. The van der Waals surface area contributed by atoms with Gasteiger partial charge in [-0.25, -0.2) is 0 Å². The zero-order valence-corrected chi connectivity index (χ0v) is 14.8. The summed E-state index contributed by atoms with van der Waals surface area (Å²) in [6.07, 6.45) is 1.71. The fourth-order valence-electron chi connectivity index (χ4n) is 4.51. The van der Waals surface area contributed by atoms with Crippen LogP contribution in [0.2, 0.25) is 0 Å². The molecule has 1 atom stereocenters. The monoisotopic (exact) mass is 346 g/mol. The fourth-order valence-corrected chi connectivity index (χ4v) is 4.51. The van der Waals surface area contributed by atoms with Gasteiger partial charge in [0.15, 0.2) is 0 Å². The maximum Gasteiger partial charge on any atom is 0.122 e. The molecule has 0 unspecified atom stereocenters. The van der Waals surface area contributed by atoms with Gasteiger partial charge in [-0.15, -0.1) is 0 Å². The molecule has 1 aromatic heterocycles. The van der Waals surface area contributed by atoms with Crippen LogP contribution in [0.25, 0.3) is 10.9 Å². The molecule has 3 aromatic rings. The number of benzene rings is 2. The summed E-state index contributed by atoms with van der Waals surface area (Å²) >= 11 is 0. The van der Waals surface area contributed by atoms with E-state index in [9.17, 15) is 0 Å². The van der Waals surface area contributed by atoms with Crippen LogP contribution in [0.4, 0.5) is 5.69 Å². The molecule has 5 heteroatoms. The second kappa shape index (κ2) is 5.61. The van der Waals surface area contributed by atoms with Crippen LogP contribution in [0.15, 0.2) is 47.5 Å². The smallest absolute Gasteiger partial charge is 0.122 e. The molecular weight excluding hydrogens is 324 g/mol. The molecule has 0 saturated heterocycles. The topological polar surface area (TPSA) is 75.4 Å². The summed E-state index contributed by atoms with van der Waals surface area (Å²) in [4.78, 5) is 8.69. The van der Waals surface area contributed by atoms with Gasteiger partial charge in [0, 0.05) is 34.8 Å². The first kappa shape index (κ1) is 15.5. The van der Waals surface area contributed by atoms with E-state index in [4.69, 9.17) is 15.5 Å². The molecule has 2 aliphatic rings. The van der Waals surface area contributed by atoms with Crippen LogP contribution >= 0.6 is 0 Å². The molecule has 3 heterocycles. The van der Waals surface area contributed by atoms with Gasteiger partial charge in [0.2, 0.25) is 0 Å². The molecule has 2 aromatic carbocycles. The molecule has 0 bridgehead atoms. The number of aromatic amines is 1. The third kappa shape index (κ3) is 1.98. The third-order valence-corrected chi connectivity index (χ3v) is 5.63. The Kier molecular flexibility index (Phi) is 3.34. The summed E-state index contributed by atoms with van der Waals surface area (Å²) in [5, 5.41) is 5.04. The average Bonchev–Trinajstić information content (AvgIpc) is 3.14. The molecule has 2 aliphatic heterocycles. The highest BCUT2D eigenvalue weighted by atomic mass is 16.5. The molecule has 5 rings (SSSR count). The summed E-state index contributed by atoms with van der Waals surface area (Å²) < 4.78 is 5.42. The van der Waals surface area contributed by atoms with Crippen molar-refractivity contribution in [1.82, 2.24) is 4.98 Å². The molecule has 132 valence electrons. The van der Waals surface area contributed by atoms with Gasteiger partial charge < -0.3 is 20.8 Å². The molecule has 4 N–H and O–H groups in total. The first-order valence-electron chi connectivity index (χ1n) is 9.08. The van der Waals surface area contributed by atoms with Crippen molar-refractivity contribution in [3.63, 3.8) is 0 Å². The van der Waals surface area contributed by atoms with Gasteiger partial charge in [-0.05, 0) is 43.1 Å². The Morgan fingerprint density at radius 3 is 2.96 bits per heavy atom.